The van der Waals surface area contributed by atoms with Gasteiger partial charge >= 0.3 is 5.97 Å². The van der Waals surface area contributed by atoms with Gasteiger partial charge in [-0.25, -0.2) is 0 Å². The predicted octanol–water partition coefficient (Wildman–Crippen LogP) is 1.98. The molecule has 1 amide bonds. The summed E-state index contributed by atoms with van der Waals surface area (Å²) in [5.74, 6) is -0.755. The molecule has 0 unspecified atom stereocenters. The van der Waals surface area contributed by atoms with Crippen LogP contribution in [0.1, 0.15) is 12.8 Å². The van der Waals surface area contributed by atoms with Crippen molar-refractivity contribution in [2.45, 2.75) is 17.7 Å². The van der Waals surface area contributed by atoms with Crippen molar-refractivity contribution in [3.8, 4) is 12.1 Å². The van der Waals surface area contributed by atoms with E-state index in [1.165, 1.54) is 16.7 Å². The maximum Gasteiger partial charge on any atom is 0.316 e. The fourth-order valence-electron chi connectivity index (χ4n) is 1.67. The van der Waals surface area contributed by atoms with Gasteiger partial charge < -0.3 is 9.64 Å². The third-order valence-corrected chi connectivity index (χ3v) is 3.78. The molecule has 1 aromatic carbocycles. The molecule has 0 heterocycles. The van der Waals surface area contributed by atoms with Gasteiger partial charge in [0.1, 0.15) is 0 Å². The molecular formula is C16H17N3O3S. The maximum atomic E-state index is 12.0. The molecule has 7 heteroatoms. The monoisotopic (exact) mass is 331 g/mol. The highest BCUT2D eigenvalue weighted by atomic mass is 32.2. The van der Waals surface area contributed by atoms with Crippen LogP contribution in [0, 0.1) is 22.7 Å². The highest BCUT2D eigenvalue weighted by Crippen LogP contribution is 2.16. The Morgan fingerprint density at radius 2 is 1.70 bits per heavy atom. The Labute approximate surface area is 139 Å². The Hall–Kier alpha value is -2.51. The van der Waals surface area contributed by atoms with Crippen molar-refractivity contribution in [3.05, 3.63) is 30.3 Å². The van der Waals surface area contributed by atoms with Crippen LogP contribution in [-0.4, -0.2) is 42.2 Å². The Balaban J connectivity index is 2.35. The van der Waals surface area contributed by atoms with Gasteiger partial charge in [-0.1, -0.05) is 18.2 Å². The summed E-state index contributed by atoms with van der Waals surface area (Å²) in [5, 5.41) is 17.2. The molecule has 0 fully saturated rings. The molecule has 6 nitrogen and oxygen atoms in total. The number of nitriles is 2. The van der Waals surface area contributed by atoms with Gasteiger partial charge in [-0.05, 0) is 12.1 Å². The normalized spacial score (nSPS) is 9.48. The highest BCUT2D eigenvalue weighted by molar-refractivity contribution is 8.00. The zero-order valence-electron chi connectivity index (χ0n) is 12.6. The van der Waals surface area contributed by atoms with Crippen LogP contribution in [-0.2, 0) is 14.3 Å². The Morgan fingerprint density at radius 3 is 2.26 bits per heavy atom. The largest absolute Gasteiger partial charge is 0.455 e. The molecule has 0 bridgehead atoms. The van der Waals surface area contributed by atoms with Crippen LogP contribution in [0.3, 0.4) is 0 Å². The standard InChI is InChI=1S/C16H17N3O3S/c17-8-4-10-19(11-5-9-18)15(20)12-22-16(21)13-23-14-6-2-1-3-7-14/h1-3,6-7H,4-5,10-13H2. The molecule has 0 saturated heterocycles. The first-order valence-electron chi connectivity index (χ1n) is 7.02. The van der Waals surface area contributed by atoms with E-state index in [1.807, 2.05) is 42.5 Å². The number of thioether (sulfide) groups is 1. The van der Waals surface area contributed by atoms with Crippen molar-refractivity contribution in [1.29, 1.82) is 10.5 Å². The SMILES string of the molecule is N#CCCN(CCC#N)C(=O)COC(=O)CSc1ccccc1. The molecule has 23 heavy (non-hydrogen) atoms. The van der Waals surface area contributed by atoms with Crippen LogP contribution in [0.15, 0.2) is 35.2 Å². The Morgan fingerprint density at radius 1 is 1.09 bits per heavy atom. The van der Waals surface area contributed by atoms with Crippen LogP contribution < -0.4 is 0 Å². The lowest BCUT2D eigenvalue weighted by Crippen LogP contribution is -2.36. The number of carbonyl (C=O) groups is 2. The maximum absolute atomic E-state index is 12.0. The van der Waals surface area contributed by atoms with Crippen LogP contribution >= 0.6 is 11.8 Å². The molecule has 0 saturated carbocycles. The van der Waals surface area contributed by atoms with Gasteiger partial charge in [-0.15, -0.1) is 11.8 Å². The molecule has 0 atom stereocenters. The molecule has 1 aromatic rings. The second-order valence-corrected chi connectivity index (χ2v) is 5.51. The van der Waals surface area contributed by atoms with Gasteiger partial charge in [0.2, 0.25) is 0 Å². The minimum absolute atomic E-state index is 0.119. The predicted molar refractivity (Wildman–Crippen MR) is 85.2 cm³/mol. The molecule has 0 spiro atoms. The van der Waals surface area contributed by atoms with Crippen molar-refractivity contribution in [3.63, 3.8) is 0 Å². The fraction of sp³-hybridized carbons (Fsp3) is 0.375. The second-order valence-electron chi connectivity index (χ2n) is 4.46. The number of rotatable bonds is 9. The third-order valence-electron chi connectivity index (χ3n) is 2.80. The summed E-state index contributed by atoms with van der Waals surface area (Å²) in [6.07, 6.45) is 0.351. The first-order chi connectivity index (χ1) is 11.2. The minimum atomic E-state index is -0.479. The van der Waals surface area contributed by atoms with E-state index >= 15 is 0 Å². The van der Waals surface area contributed by atoms with Crippen LogP contribution in [0.5, 0.6) is 0 Å². The zero-order valence-corrected chi connectivity index (χ0v) is 13.4. The lowest BCUT2D eigenvalue weighted by molar-refractivity contribution is -0.149. The van der Waals surface area contributed by atoms with E-state index in [1.54, 1.807) is 0 Å². The third kappa shape index (κ3) is 7.89. The fourth-order valence-corrected chi connectivity index (χ4v) is 2.38. The summed E-state index contributed by atoms with van der Waals surface area (Å²) < 4.78 is 4.95. The summed E-state index contributed by atoms with van der Waals surface area (Å²) in [6, 6.07) is 13.3. The lowest BCUT2D eigenvalue weighted by atomic mass is 10.3. The van der Waals surface area contributed by atoms with Crippen LogP contribution in [0.2, 0.25) is 0 Å². The summed E-state index contributed by atoms with van der Waals surface area (Å²) in [7, 11) is 0. The minimum Gasteiger partial charge on any atom is -0.455 e. The van der Waals surface area contributed by atoms with Crippen molar-refractivity contribution < 1.29 is 14.3 Å². The van der Waals surface area contributed by atoms with E-state index in [-0.39, 0.29) is 38.3 Å². The second kappa shape index (κ2) is 11.1. The first-order valence-corrected chi connectivity index (χ1v) is 8.01. The van der Waals surface area contributed by atoms with Gasteiger partial charge in [0.15, 0.2) is 6.61 Å². The molecule has 0 aliphatic rings. The van der Waals surface area contributed by atoms with E-state index in [2.05, 4.69) is 0 Å². The van der Waals surface area contributed by atoms with E-state index in [4.69, 9.17) is 15.3 Å². The number of esters is 1. The van der Waals surface area contributed by atoms with Crippen molar-refractivity contribution >= 4 is 23.6 Å². The van der Waals surface area contributed by atoms with E-state index in [0.29, 0.717) is 0 Å². The van der Waals surface area contributed by atoms with Gasteiger partial charge in [-0.3, -0.25) is 9.59 Å². The van der Waals surface area contributed by atoms with Crippen LogP contribution in [0.4, 0.5) is 0 Å². The van der Waals surface area contributed by atoms with Gasteiger partial charge in [0.25, 0.3) is 5.91 Å². The van der Waals surface area contributed by atoms with E-state index < -0.39 is 11.9 Å². The van der Waals surface area contributed by atoms with E-state index in [9.17, 15) is 9.59 Å². The summed E-state index contributed by atoms with van der Waals surface area (Å²) in [5.41, 5.74) is 0. The van der Waals surface area contributed by atoms with Gasteiger partial charge in [0, 0.05) is 18.0 Å². The number of hydrogen-bond acceptors (Lipinski definition) is 6. The van der Waals surface area contributed by atoms with Gasteiger partial charge in [0.05, 0.1) is 30.7 Å². The molecular weight excluding hydrogens is 314 g/mol. The molecule has 120 valence electrons. The van der Waals surface area contributed by atoms with Crippen molar-refractivity contribution in [2.75, 3.05) is 25.4 Å². The average molecular weight is 331 g/mol. The number of hydrogen-bond donors (Lipinski definition) is 0. The molecule has 0 radical (unpaired) electrons. The Kier molecular flexibility index (Phi) is 8.95. The summed E-state index contributed by atoms with van der Waals surface area (Å²) in [6.45, 7) is 0.0890. The number of carbonyl (C=O) groups excluding carboxylic acids is 2. The molecule has 0 aromatic heterocycles. The smallest absolute Gasteiger partial charge is 0.316 e. The Bertz CT molecular complexity index is 575. The van der Waals surface area contributed by atoms with Crippen molar-refractivity contribution in [2.24, 2.45) is 0 Å². The zero-order chi connectivity index (χ0) is 16.9. The number of nitrogens with zero attached hydrogens (tertiary/aromatic N) is 3. The number of ether oxygens (including phenoxy) is 1. The molecule has 0 aliphatic carbocycles. The number of benzene rings is 1. The van der Waals surface area contributed by atoms with Gasteiger partial charge in [-0.2, -0.15) is 10.5 Å². The number of amides is 1. The summed E-state index contributed by atoms with van der Waals surface area (Å²) in [4.78, 5) is 25.9. The topological polar surface area (TPSA) is 94.2 Å². The molecule has 1 rings (SSSR count). The lowest BCUT2D eigenvalue weighted by Gasteiger charge is -2.20. The summed E-state index contributed by atoms with van der Waals surface area (Å²) >= 11 is 1.33. The van der Waals surface area contributed by atoms with E-state index in [0.717, 1.165) is 4.90 Å². The van der Waals surface area contributed by atoms with Crippen LogP contribution in [0.25, 0.3) is 0 Å². The average Bonchev–Trinajstić information content (AvgIpc) is 2.59. The van der Waals surface area contributed by atoms with Crippen molar-refractivity contribution in [1.82, 2.24) is 4.90 Å². The first kappa shape index (κ1) is 18.5. The molecule has 0 N–H and O–H groups in total. The molecule has 0 aliphatic heterocycles. The highest BCUT2D eigenvalue weighted by Gasteiger charge is 2.15. The quantitative estimate of drug-likeness (QED) is 0.507.